The van der Waals surface area contributed by atoms with Crippen LogP contribution in [-0.4, -0.2) is 48.6 Å². The molecule has 1 aliphatic rings. The Morgan fingerprint density at radius 1 is 1.22 bits per heavy atom. The maximum Gasteiger partial charge on any atom is 0.408 e. The number of rotatable bonds is 5. The van der Waals surface area contributed by atoms with E-state index >= 15 is 0 Å². The fraction of sp³-hybridized carbons (Fsp3) is 0.250. The average molecular weight is 460 g/mol. The molecule has 0 spiro atoms. The predicted octanol–water partition coefficient (Wildman–Crippen LogP) is 3.63. The molecule has 0 amide bonds. The Hall–Kier alpha value is -3.54. The molecule has 0 bridgehead atoms. The van der Waals surface area contributed by atoms with Crippen LogP contribution in [0.25, 0.3) is 33.2 Å². The van der Waals surface area contributed by atoms with Crippen LogP contribution in [0.5, 0.6) is 5.75 Å². The van der Waals surface area contributed by atoms with Crippen molar-refractivity contribution in [3.8, 4) is 39.0 Å². The molecule has 4 aromatic rings. The van der Waals surface area contributed by atoms with Crippen molar-refractivity contribution in [2.24, 2.45) is 0 Å². The van der Waals surface area contributed by atoms with Crippen molar-refractivity contribution < 1.29 is 22.7 Å². The van der Waals surface area contributed by atoms with E-state index in [-0.39, 0.29) is 12.4 Å². The summed E-state index contributed by atoms with van der Waals surface area (Å²) in [6.45, 7) is -0.649. The van der Waals surface area contributed by atoms with Gasteiger partial charge < -0.3 is 9.53 Å². The number of hydrogen-bond donors (Lipinski definition) is 0. The SMILES string of the molecule is O=CCn1cc(-c2ccc3c(c2)OCCc2sc(-c4ncnn4CC(F)(F)F)nc2-3)cn1. The molecule has 0 aliphatic carbocycles. The summed E-state index contributed by atoms with van der Waals surface area (Å²) in [6, 6.07) is 5.64. The lowest BCUT2D eigenvalue weighted by Gasteiger charge is -2.09. The minimum atomic E-state index is -4.41. The minimum Gasteiger partial charge on any atom is -0.492 e. The molecule has 1 aliphatic heterocycles. The third kappa shape index (κ3) is 3.88. The number of aromatic nitrogens is 6. The Bertz CT molecular complexity index is 1290. The molecule has 8 nitrogen and oxygen atoms in total. The van der Waals surface area contributed by atoms with Crippen LogP contribution in [0.15, 0.2) is 36.9 Å². The van der Waals surface area contributed by atoms with Crippen LogP contribution in [0.3, 0.4) is 0 Å². The van der Waals surface area contributed by atoms with Gasteiger partial charge in [0.05, 0.1) is 25.0 Å². The van der Waals surface area contributed by atoms with Gasteiger partial charge in [-0.3, -0.25) is 4.68 Å². The highest BCUT2D eigenvalue weighted by Gasteiger charge is 2.31. The fourth-order valence-corrected chi connectivity index (χ4v) is 4.56. The number of carbonyl (C=O) groups is 1. The molecule has 164 valence electrons. The Balaban J connectivity index is 1.51. The zero-order valence-corrected chi connectivity index (χ0v) is 17.2. The van der Waals surface area contributed by atoms with E-state index in [0.717, 1.165) is 38.9 Å². The predicted molar refractivity (Wildman–Crippen MR) is 109 cm³/mol. The number of aldehydes is 1. The number of halogens is 3. The summed E-state index contributed by atoms with van der Waals surface area (Å²) in [6.07, 6.45) is 1.47. The van der Waals surface area contributed by atoms with Crippen LogP contribution in [-0.2, 0) is 24.3 Å². The first kappa shape index (κ1) is 20.4. The summed E-state index contributed by atoms with van der Waals surface area (Å²) < 4.78 is 46.9. The van der Waals surface area contributed by atoms with E-state index in [1.54, 1.807) is 12.4 Å². The van der Waals surface area contributed by atoms with Gasteiger partial charge in [-0.05, 0) is 17.7 Å². The monoisotopic (exact) mass is 460 g/mol. The van der Waals surface area contributed by atoms with E-state index in [0.29, 0.717) is 29.5 Å². The Kier molecular flexibility index (Phi) is 5.00. The van der Waals surface area contributed by atoms with E-state index in [4.69, 9.17) is 4.74 Å². The van der Waals surface area contributed by atoms with Crippen molar-refractivity contribution in [1.82, 2.24) is 29.5 Å². The second-order valence-corrected chi connectivity index (χ2v) is 8.16. The van der Waals surface area contributed by atoms with Gasteiger partial charge in [0.1, 0.15) is 24.9 Å². The minimum absolute atomic E-state index is 0.0853. The quantitative estimate of drug-likeness (QED) is 0.423. The Morgan fingerprint density at radius 2 is 2.09 bits per heavy atom. The summed E-state index contributed by atoms with van der Waals surface area (Å²) in [7, 11) is 0. The topological polar surface area (TPSA) is 87.7 Å². The summed E-state index contributed by atoms with van der Waals surface area (Å²) in [5, 5.41) is 8.24. The highest BCUT2D eigenvalue weighted by molar-refractivity contribution is 7.15. The largest absolute Gasteiger partial charge is 0.492 e. The molecule has 5 rings (SSSR count). The number of nitrogens with zero attached hydrogens (tertiary/aromatic N) is 6. The van der Waals surface area contributed by atoms with E-state index in [2.05, 4.69) is 20.2 Å². The van der Waals surface area contributed by atoms with E-state index < -0.39 is 12.7 Å². The smallest absolute Gasteiger partial charge is 0.408 e. The third-order valence-corrected chi connectivity index (χ3v) is 6.00. The molecule has 3 aromatic heterocycles. The first-order valence-electron chi connectivity index (χ1n) is 9.59. The van der Waals surface area contributed by atoms with Gasteiger partial charge in [0.2, 0.25) is 0 Å². The van der Waals surface area contributed by atoms with Gasteiger partial charge >= 0.3 is 6.18 Å². The summed E-state index contributed by atoms with van der Waals surface area (Å²) in [4.78, 5) is 20.2. The molecule has 0 N–H and O–H groups in total. The standard InChI is InChI=1S/C20H15F3N6O2S/c21-20(22,23)10-29-18(24-11-26-29)19-27-17-14-2-1-12(13-8-25-28(9-13)4-5-30)7-15(14)31-6-3-16(17)32-19/h1-2,5,7-9,11H,3-4,6,10H2. The molecule has 1 aromatic carbocycles. The third-order valence-electron chi connectivity index (χ3n) is 4.88. The molecule has 0 unspecified atom stereocenters. The van der Waals surface area contributed by atoms with Gasteiger partial charge in [0.25, 0.3) is 0 Å². The second kappa shape index (κ2) is 7.86. The lowest BCUT2D eigenvalue weighted by atomic mass is 10.0. The number of hydrogen-bond acceptors (Lipinski definition) is 7. The van der Waals surface area contributed by atoms with Gasteiger partial charge in [-0.1, -0.05) is 6.07 Å². The summed E-state index contributed by atoms with van der Waals surface area (Å²) >= 11 is 1.29. The van der Waals surface area contributed by atoms with Gasteiger partial charge in [-0.2, -0.15) is 23.4 Å². The number of thiazole rings is 1. The molecular formula is C20H15F3N6O2S. The number of alkyl halides is 3. The normalized spacial score (nSPS) is 13.2. The van der Waals surface area contributed by atoms with Crippen LogP contribution in [0.4, 0.5) is 13.2 Å². The number of carbonyl (C=O) groups excluding carboxylic acids is 1. The van der Waals surface area contributed by atoms with Crippen LogP contribution in [0.2, 0.25) is 0 Å². The van der Waals surface area contributed by atoms with Crippen molar-refractivity contribution in [2.45, 2.75) is 25.7 Å². The highest BCUT2D eigenvalue weighted by Crippen LogP contribution is 2.41. The van der Waals surface area contributed by atoms with E-state index in [1.807, 2.05) is 18.2 Å². The summed E-state index contributed by atoms with van der Waals surface area (Å²) in [5.74, 6) is 0.708. The van der Waals surface area contributed by atoms with Crippen molar-refractivity contribution in [3.63, 3.8) is 0 Å². The van der Waals surface area contributed by atoms with Gasteiger partial charge in [-0.25, -0.2) is 14.6 Å². The zero-order chi connectivity index (χ0) is 22.3. The fourth-order valence-electron chi connectivity index (χ4n) is 3.50. The van der Waals surface area contributed by atoms with Gasteiger partial charge in [-0.15, -0.1) is 11.3 Å². The highest BCUT2D eigenvalue weighted by atomic mass is 32.1. The molecule has 0 fully saturated rings. The molecule has 0 saturated heterocycles. The Morgan fingerprint density at radius 3 is 2.91 bits per heavy atom. The van der Waals surface area contributed by atoms with Crippen molar-refractivity contribution in [1.29, 1.82) is 0 Å². The number of ether oxygens (including phenoxy) is 1. The lowest BCUT2D eigenvalue weighted by Crippen LogP contribution is -2.19. The first-order chi connectivity index (χ1) is 15.4. The molecule has 32 heavy (non-hydrogen) atoms. The lowest BCUT2D eigenvalue weighted by molar-refractivity contribution is -0.142. The van der Waals surface area contributed by atoms with Gasteiger partial charge in [0.15, 0.2) is 10.8 Å². The number of fused-ring (bicyclic) bond motifs is 3. The van der Waals surface area contributed by atoms with Gasteiger partial charge in [0, 0.05) is 28.6 Å². The average Bonchev–Trinajstić information content (AvgIpc) is 3.46. The molecule has 12 heteroatoms. The molecular weight excluding hydrogens is 445 g/mol. The zero-order valence-electron chi connectivity index (χ0n) is 16.4. The first-order valence-corrected chi connectivity index (χ1v) is 10.4. The van der Waals surface area contributed by atoms with Crippen LogP contribution >= 0.6 is 11.3 Å². The molecule has 0 radical (unpaired) electrons. The van der Waals surface area contributed by atoms with Crippen LogP contribution < -0.4 is 4.74 Å². The number of benzene rings is 1. The maximum atomic E-state index is 12.9. The van der Waals surface area contributed by atoms with Crippen molar-refractivity contribution in [3.05, 3.63) is 41.8 Å². The van der Waals surface area contributed by atoms with E-state index in [1.165, 1.54) is 16.0 Å². The maximum absolute atomic E-state index is 12.9. The van der Waals surface area contributed by atoms with Crippen LogP contribution in [0, 0.1) is 0 Å². The Labute approximate surface area is 183 Å². The molecule has 0 saturated carbocycles. The van der Waals surface area contributed by atoms with E-state index in [9.17, 15) is 18.0 Å². The van der Waals surface area contributed by atoms with Crippen molar-refractivity contribution in [2.75, 3.05) is 6.61 Å². The summed E-state index contributed by atoms with van der Waals surface area (Å²) in [5.41, 5.74) is 3.12. The molecule has 0 atom stereocenters. The molecule has 4 heterocycles. The van der Waals surface area contributed by atoms with Crippen LogP contribution in [0.1, 0.15) is 4.88 Å². The van der Waals surface area contributed by atoms with Crippen molar-refractivity contribution >= 4 is 17.6 Å². The second-order valence-electron chi connectivity index (χ2n) is 7.07.